The number of nitrogens with zero attached hydrogens (tertiary/aromatic N) is 4. The second-order valence-corrected chi connectivity index (χ2v) is 31.1. The highest BCUT2D eigenvalue weighted by Gasteiger charge is 2.47. The third kappa shape index (κ3) is 11.0. The Labute approximate surface area is 666 Å². The van der Waals surface area contributed by atoms with Crippen LogP contribution in [0.5, 0.6) is 0 Å². The van der Waals surface area contributed by atoms with Gasteiger partial charge in [-0.2, -0.15) is 0 Å². The molecule has 0 radical (unpaired) electrons. The molecule has 0 amide bonds. The lowest BCUT2D eigenvalue weighted by molar-refractivity contribution is 0.590. The molecular weight excluding hydrogens is 1300 g/mol. The molecule has 0 unspecified atom stereocenters. The van der Waals surface area contributed by atoms with Crippen LogP contribution in [-0.4, -0.2) is 15.8 Å². The average Bonchev–Trinajstić information content (AvgIpc) is 0.982. The minimum Gasteiger partial charge on any atom is -0.310 e. The first kappa shape index (κ1) is 46.5. The van der Waals surface area contributed by atoms with E-state index < -0.39 is 178 Å². The maximum Gasteiger partial charge on any atom is 0.252 e. The maximum atomic E-state index is 12.0. The maximum absolute atomic E-state index is 12.0. The standard InChI is InChI=1S/C103H85BN4/c1-66-55-79(106-90-48-32-30-46-81(90)87-57-74(50-54-92(87)106)68-35-19-12-20-36-68)65-96-97(66)104-88-52-51-78(105-89-47-31-29-45-80(89)86-56-73(49-53-91(86)105)67-33-17-11-18-34-67)64-93(88)107(99-82(69-37-21-13-22-38-69)58-75(101(2,3)4)59-83(99)70-39-23-14-24-40-70)94-62-77(103(8,9)10)63-95(98(94)104)108(96)100-84(71-41-25-15-26-42-71)60-76(102(5,6)7)61-85(100)72-43-27-16-28-44-72/h11-65H,1-10H3/i1D3,29D,30D,31D,32D,45D,46D,47D,48D,49D,50D,51D,52D,53D,54D,55D,56D,57D,64D,65D. The molecule has 0 saturated carbocycles. The molecule has 0 saturated heterocycles. The summed E-state index contributed by atoms with van der Waals surface area (Å²) in [5.41, 5.74) is 2.23. The lowest BCUT2D eigenvalue weighted by Crippen LogP contribution is -2.62. The van der Waals surface area contributed by atoms with Crippen molar-refractivity contribution < 1.29 is 30.2 Å². The first-order chi connectivity index (χ1) is 61.6. The van der Waals surface area contributed by atoms with Gasteiger partial charge < -0.3 is 18.9 Å². The van der Waals surface area contributed by atoms with Crippen molar-refractivity contribution in [3.8, 4) is 78.1 Å². The fraction of sp³-hybridized carbons (Fsp3) is 0.126. The van der Waals surface area contributed by atoms with Gasteiger partial charge in [-0.1, -0.05) is 304 Å². The molecule has 0 bridgehead atoms. The quantitative estimate of drug-likeness (QED) is 0.127. The Morgan fingerprint density at radius 2 is 0.648 bits per heavy atom. The van der Waals surface area contributed by atoms with Gasteiger partial charge in [0.05, 0.1) is 59.5 Å². The van der Waals surface area contributed by atoms with Gasteiger partial charge in [-0.25, -0.2) is 0 Å². The SMILES string of the molecule is [2H]c1c([2H])c(-n2c3c([2H])c([2H])c([2H])c([2H])c3c3c([2H])c(-c4ccccc4)c([2H])c([2H])c32)c([2H])c2c1B1c3c(cc(C(C)(C)C)cc3N(c3c(-c4ccccc4)cc(C(C)(C)C)cc3-c3ccccc3)c3c([2H])c(-n4c5c([2H])c([2H])c([2H])c([2H])c5c5c([2H])c(-c6ccccc6)c([2H])c([2H])c54)c([2H])c(C([2H])([2H])[2H])c31)N2c1c(-c2ccccc2)cc(C(C)(C)C)cc1-c1ccccc1. The minimum atomic E-state index is -3.57. The summed E-state index contributed by atoms with van der Waals surface area (Å²) in [7, 11) is 0. The van der Waals surface area contributed by atoms with Crippen LogP contribution in [0.4, 0.5) is 34.1 Å². The number of benzene rings is 15. The Kier molecular flexibility index (Phi) is 10.9. The largest absolute Gasteiger partial charge is 0.310 e. The minimum absolute atomic E-state index is 0.0537. The van der Waals surface area contributed by atoms with Crippen molar-refractivity contribution in [2.75, 3.05) is 9.80 Å². The molecule has 5 heteroatoms. The van der Waals surface area contributed by atoms with Gasteiger partial charge in [-0.05, 0) is 198 Å². The number of anilines is 6. The summed E-state index contributed by atoms with van der Waals surface area (Å²) in [6.45, 7) is 13.2. The highest BCUT2D eigenvalue weighted by atomic mass is 15.2. The highest BCUT2D eigenvalue weighted by molar-refractivity contribution is 7.00. The van der Waals surface area contributed by atoms with Gasteiger partial charge in [0.2, 0.25) is 0 Å². The van der Waals surface area contributed by atoms with Crippen molar-refractivity contribution in [1.82, 2.24) is 9.13 Å². The highest BCUT2D eigenvalue weighted by Crippen LogP contribution is 2.56. The molecule has 4 nitrogen and oxygen atoms in total. The number of hydrogen-bond acceptors (Lipinski definition) is 2. The van der Waals surface area contributed by atoms with Crippen molar-refractivity contribution in [2.24, 2.45) is 0 Å². The Balaban J connectivity index is 1.11. The molecular formula is C103H85BN4. The molecule has 0 N–H and O–H groups in total. The van der Waals surface area contributed by atoms with E-state index in [1.54, 1.807) is 60.7 Å². The van der Waals surface area contributed by atoms with E-state index in [4.69, 9.17) is 0 Å². The lowest BCUT2D eigenvalue weighted by Gasteiger charge is -2.47. The van der Waals surface area contributed by atoms with Crippen molar-refractivity contribution in [3.05, 3.63) is 355 Å². The van der Waals surface area contributed by atoms with Gasteiger partial charge in [0.15, 0.2) is 0 Å². The van der Waals surface area contributed by atoms with E-state index in [0.29, 0.717) is 72.6 Å². The second-order valence-electron chi connectivity index (χ2n) is 31.1. The second kappa shape index (κ2) is 25.4. The van der Waals surface area contributed by atoms with E-state index in [0.717, 1.165) is 20.3 Å². The van der Waals surface area contributed by atoms with Crippen molar-refractivity contribution in [1.29, 1.82) is 0 Å². The molecule has 0 spiro atoms. The van der Waals surface area contributed by atoms with Crippen LogP contribution in [0.2, 0.25) is 0 Å². The fourth-order valence-electron chi connectivity index (χ4n) is 15.8. The lowest BCUT2D eigenvalue weighted by atomic mass is 9.32. The van der Waals surface area contributed by atoms with Crippen molar-refractivity contribution in [3.63, 3.8) is 0 Å². The zero-order valence-corrected chi connectivity index (χ0v) is 61.2. The molecule has 0 aliphatic carbocycles. The molecule has 17 aromatic rings. The molecule has 4 heterocycles. The first-order valence-electron chi connectivity index (χ1n) is 47.5. The monoisotopic (exact) mass is 1410 g/mol. The number of fused-ring (bicyclic) bond motifs is 10. The van der Waals surface area contributed by atoms with Crippen molar-refractivity contribution in [2.45, 2.75) is 85.4 Å². The normalized spacial score (nSPS) is 15.8. The number of para-hydroxylation sites is 2. The Morgan fingerprint density at radius 1 is 0.296 bits per heavy atom. The van der Waals surface area contributed by atoms with Crippen LogP contribution in [0, 0.1) is 6.85 Å². The van der Waals surface area contributed by atoms with Gasteiger partial charge in [0, 0.05) is 82.0 Å². The molecule has 15 aromatic carbocycles. The molecule has 2 aliphatic heterocycles. The van der Waals surface area contributed by atoms with E-state index in [9.17, 15) is 30.2 Å². The zero-order valence-electron chi connectivity index (χ0n) is 83.2. The van der Waals surface area contributed by atoms with Crippen LogP contribution in [0.15, 0.2) is 333 Å². The van der Waals surface area contributed by atoms with E-state index in [1.165, 1.54) is 0 Å². The van der Waals surface area contributed by atoms with E-state index in [2.05, 4.69) is 65.8 Å². The Hall–Kier alpha value is -12.4. The fourth-order valence-corrected chi connectivity index (χ4v) is 15.8. The van der Waals surface area contributed by atoms with E-state index >= 15 is 0 Å². The van der Waals surface area contributed by atoms with E-state index in [1.807, 2.05) is 164 Å². The topological polar surface area (TPSA) is 16.3 Å². The summed E-state index contributed by atoms with van der Waals surface area (Å²) in [5.74, 6) is 0. The summed E-state index contributed by atoms with van der Waals surface area (Å²) in [6.07, 6.45) is 0. The van der Waals surface area contributed by atoms with Gasteiger partial charge in [0.1, 0.15) is 0 Å². The zero-order chi connectivity index (χ0) is 92.5. The number of rotatable bonds is 10. The summed E-state index contributed by atoms with van der Waals surface area (Å²) >= 11 is 0. The Bertz CT molecular complexity index is 7590. The summed E-state index contributed by atoms with van der Waals surface area (Å²) in [6, 6.07) is 54.6. The van der Waals surface area contributed by atoms with Crippen molar-refractivity contribution >= 4 is 101 Å². The molecule has 2 aliphatic rings. The third-order valence-electron chi connectivity index (χ3n) is 21.2. The molecule has 19 rings (SSSR count). The summed E-state index contributed by atoms with van der Waals surface area (Å²) < 4.78 is 232. The number of hydrogen-bond donors (Lipinski definition) is 0. The van der Waals surface area contributed by atoms with Crippen LogP contribution >= 0.6 is 0 Å². The van der Waals surface area contributed by atoms with Gasteiger partial charge in [-0.15, -0.1) is 0 Å². The third-order valence-corrected chi connectivity index (χ3v) is 21.2. The predicted octanol–water partition coefficient (Wildman–Crippen LogP) is 26.2. The summed E-state index contributed by atoms with van der Waals surface area (Å²) in [5, 5.41) is -1.10. The molecule has 0 atom stereocenters. The van der Waals surface area contributed by atoms with Crippen LogP contribution in [0.1, 0.15) is 115 Å². The predicted molar refractivity (Wildman–Crippen MR) is 463 cm³/mol. The van der Waals surface area contributed by atoms with Gasteiger partial charge in [-0.3, -0.25) is 0 Å². The Morgan fingerprint density at radius 3 is 1.05 bits per heavy atom. The smallest absolute Gasteiger partial charge is 0.252 e. The van der Waals surface area contributed by atoms with Crippen LogP contribution in [0.25, 0.3) is 122 Å². The van der Waals surface area contributed by atoms with Gasteiger partial charge >= 0.3 is 0 Å². The first-order valence-corrected chi connectivity index (χ1v) is 36.5. The average molecular weight is 1410 g/mol. The van der Waals surface area contributed by atoms with Crippen LogP contribution in [-0.2, 0) is 16.2 Å². The van der Waals surface area contributed by atoms with E-state index in [-0.39, 0.29) is 77.3 Å². The molecule has 0 fully saturated rings. The molecule has 2 aromatic heterocycles. The summed E-state index contributed by atoms with van der Waals surface area (Å²) in [4.78, 5) is 3.72. The van der Waals surface area contributed by atoms with Gasteiger partial charge in [0.25, 0.3) is 6.71 Å². The number of aromatic nitrogens is 2. The van der Waals surface area contributed by atoms with Crippen LogP contribution in [0.3, 0.4) is 0 Å². The van der Waals surface area contributed by atoms with Crippen LogP contribution < -0.4 is 26.2 Å². The molecule has 108 heavy (non-hydrogen) atoms. The molecule has 520 valence electrons.